The maximum absolute atomic E-state index is 11.9. The molecule has 0 saturated heterocycles. The van der Waals surface area contributed by atoms with Crippen LogP contribution in [0.15, 0.2) is 48.6 Å². The van der Waals surface area contributed by atoms with E-state index in [1.54, 1.807) is 43.3 Å². The van der Waals surface area contributed by atoms with Gasteiger partial charge in [0.05, 0.1) is 0 Å². The first-order chi connectivity index (χ1) is 10.6. The van der Waals surface area contributed by atoms with Crippen molar-refractivity contribution in [3.8, 4) is 0 Å². The summed E-state index contributed by atoms with van der Waals surface area (Å²) < 4.78 is 4.84. The Morgan fingerprint density at radius 1 is 1.14 bits per heavy atom. The number of allylic oxidation sites excluding steroid dienone is 3. The minimum absolute atomic E-state index is 0.0964. The van der Waals surface area contributed by atoms with E-state index in [2.05, 4.69) is 5.32 Å². The number of Topliss-reactive ketones (excluding diaryl/α,β-unsaturated/α-hetero) is 1. The number of esters is 1. The molecule has 1 amide bonds. The Balaban J connectivity index is 2.52. The van der Waals surface area contributed by atoms with Crippen molar-refractivity contribution in [1.82, 2.24) is 0 Å². The highest BCUT2D eigenvalue weighted by atomic mass is 16.5. The molecule has 0 unspecified atom stereocenters. The van der Waals surface area contributed by atoms with E-state index in [0.29, 0.717) is 17.7 Å². The Hall–Kier alpha value is -2.69. The second kappa shape index (κ2) is 9.28. The van der Waals surface area contributed by atoms with Crippen LogP contribution in [-0.2, 0) is 14.3 Å². The molecule has 0 heterocycles. The molecule has 0 aliphatic carbocycles. The Labute approximate surface area is 129 Å². The van der Waals surface area contributed by atoms with Crippen LogP contribution in [0.3, 0.4) is 0 Å². The van der Waals surface area contributed by atoms with Gasteiger partial charge in [0.1, 0.15) is 0 Å². The number of rotatable bonds is 7. The summed E-state index contributed by atoms with van der Waals surface area (Å²) in [6.45, 7) is 3.26. The number of hydrogen-bond donors (Lipinski definition) is 1. The van der Waals surface area contributed by atoms with Crippen LogP contribution in [0.4, 0.5) is 5.69 Å². The highest BCUT2D eigenvalue weighted by Crippen LogP contribution is 2.10. The zero-order valence-electron chi connectivity index (χ0n) is 12.7. The molecule has 1 aromatic rings. The normalized spacial score (nSPS) is 10.8. The third-order valence-corrected chi connectivity index (χ3v) is 2.69. The number of ketones is 1. The van der Waals surface area contributed by atoms with Gasteiger partial charge in [0, 0.05) is 23.7 Å². The van der Waals surface area contributed by atoms with Gasteiger partial charge in [-0.1, -0.05) is 25.2 Å². The van der Waals surface area contributed by atoms with Crippen molar-refractivity contribution in [2.45, 2.75) is 20.3 Å². The number of ether oxygens (including phenoxy) is 1. The van der Waals surface area contributed by atoms with E-state index in [-0.39, 0.29) is 18.3 Å². The second-order valence-electron chi connectivity index (χ2n) is 4.39. The van der Waals surface area contributed by atoms with Gasteiger partial charge in [-0.15, -0.1) is 0 Å². The van der Waals surface area contributed by atoms with Gasteiger partial charge in [-0.2, -0.15) is 0 Å². The van der Waals surface area contributed by atoms with Crippen LogP contribution in [0.5, 0.6) is 0 Å². The molecule has 0 spiro atoms. The fraction of sp³-hybridized carbons (Fsp3) is 0.235. The van der Waals surface area contributed by atoms with Crippen molar-refractivity contribution in [3.05, 3.63) is 54.1 Å². The van der Waals surface area contributed by atoms with E-state index < -0.39 is 5.97 Å². The first-order valence-electron chi connectivity index (χ1n) is 6.96. The van der Waals surface area contributed by atoms with E-state index in [1.807, 2.05) is 6.92 Å². The summed E-state index contributed by atoms with van der Waals surface area (Å²) in [6, 6.07) is 6.43. The Bertz CT molecular complexity index is 585. The summed E-state index contributed by atoms with van der Waals surface area (Å²) in [5.74, 6) is -0.972. The molecule has 1 aromatic carbocycles. The van der Waals surface area contributed by atoms with E-state index in [1.165, 1.54) is 12.2 Å². The quantitative estimate of drug-likeness (QED) is 0.364. The van der Waals surface area contributed by atoms with Gasteiger partial charge in [-0.25, -0.2) is 4.79 Å². The van der Waals surface area contributed by atoms with Crippen molar-refractivity contribution < 1.29 is 19.1 Å². The van der Waals surface area contributed by atoms with Gasteiger partial charge in [-0.05, 0) is 31.2 Å². The van der Waals surface area contributed by atoms with Crippen LogP contribution in [0.25, 0.3) is 0 Å². The third-order valence-electron chi connectivity index (χ3n) is 2.69. The topological polar surface area (TPSA) is 72.5 Å². The minimum atomic E-state index is -0.571. The molecule has 0 bridgehead atoms. The highest BCUT2D eigenvalue weighted by molar-refractivity contribution is 5.99. The Morgan fingerprint density at radius 3 is 2.41 bits per heavy atom. The van der Waals surface area contributed by atoms with Gasteiger partial charge in [0.15, 0.2) is 12.4 Å². The molecule has 116 valence electrons. The van der Waals surface area contributed by atoms with Crippen LogP contribution < -0.4 is 5.32 Å². The lowest BCUT2D eigenvalue weighted by molar-refractivity contribution is -0.136. The summed E-state index contributed by atoms with van der Waals surface area (Å²) in [6.07, 6.45) is 6.63. The molecule has 5 heteroatoms. The van der Waals surface area contributed by atoms with Crippen LogP contribution >= 0.6 is 0 Å². The smallest absolute Gasteiger partial charge is 0.331 e. The maximum atomic E-state index is 11.9. The predicted molar refractivity (Wildman–Crippen MR) is 84.6 cm³/mol. The summed E-state index contributed by atoms with van der Waals surface area (Å²) in [5, 5.41) is 2.69. The first-order valence-corrected chi connectivity index (χ1v) is 6.96. The predicted octanol–water partition coefficient (Wildman–Crippen LogP) is 2.89. The average molecular weight is 301 g/mol. The van der Waals surface area contributed by atoms with Gasteiger partial charge in [0.2, 0.25) is 5.91 Å². The SMILES string of the molecule is C/C=C/C=C/C(=O)OCC(=O)c1ccc(NC(=O)CC)cc1. The third kappa shape index (κ3) is 6.17. The fourth-order valence-electron chi connectivity index (χ4n) is 1.50. The number of carbonyl (C=O) groups excluding carboxylic acids is 3. The van der Waals surface area contributed by atoms with Crippen molar-refractivity contribution in [2.24, 2.45) is 0 Å². The molecule has 5 nitrogen and oxygen atoms in total. The molecule has 0 fully saturated rings. The standard InChI is InChI=1S/C17H19NO4/c1-3-5-6-7-17(21)22-12-15(19)13-8-10-14(11-9-13)18-16(20)4-2/h3,5-11H,4,12H2,1-2H3,(H,18,20)/b5-3+,7-6+. The Morgan fingerprint density at radius 2 is 1.82 bits per heavy atom. The summed E-state index contributed by atoms with van der Waals surface area (Å²) in [5.41, 5.74) is 1.04. The molecule has 1 N–H and O–H groups in total. The average Bonchev–Trinajstić information content (AvgIpc) is 2.53. The van der Waals surface area contributed by atoms with Crippen molar-refractivity contribution in [2.75, 3.05) is 11.9 Å². The lowest BCUT2D eigenvalue weighted by Crippen LogP contribution is -2.13. The maximum Gasteiger partial charge on any atom is 0.331 e. The van der Waals surface area contributed by atoms with Gasteiger partial charge in [-0.3, -0.25) is 9.59 Å². The zero-order chi connectivity index (χ0) is 16.4. The molecule has 0 aliphatic rings. The number of anilines is 1. The molecule has 22 heavy (non-hydrogen) atoms. The number of nitrogens with one attached hydrogen (secondary N) is 1. The largest absolute Gasteiger partial charge is 0.454 e. The summed E-state index contributed by atoms with van der Waals surface area (Å²) in [4.78, 5) is 34.4. The fourth-order valence-corrected chi connectivity index (χ4v) is 1.50. The highest BCUT2D eigenvalue weighted by Gasteiger charge is 2.08. The second-order valence-corrected chi connectivity index (χ2v) is 4.39. The van der Waals surface area contributed by atoms with Gasteiger partial charge >= 0.3 is 5.97 Å². The molecule has 0 aromatic heterocycles. The van der Waals surface area contributed by atoms with E-state index in [4.69, 9.17) is 4.74 Å². The van der Waals surface area contributed by atoms with Crippen LogP contribution in [0.2, 0.25) is 0 Å². The van der Waals surface area contributed by atoms with E-state index in [9.17, 15) is 14.4 Å². The first kappa shape index (κ1) is 17.4. The van der Waals surface area contributed by atoms with Crippen molar-refractivity contribution >= 4 is 23.3 Å². The Kier molecular flexibility index (Phi) is 7.33. The molecule has 0 atom stereocenters. The van der Waals surface area contributed by atoms with E-state index >= 15 is 0 Å². The molecule has 0 aliphatic heterocycles. The van der Waals surface area contributed by atoms with E-state index in [0.717, 1.165) is 0 Å². The van der Waals surface area contributed by atoms with Crippen LogP contribution in [-0.4, -0.2) is 24.3 Å². The monoisotopic (exact) mass is 301 g/mol. The van der Waals surface area contributed by atoms with Crippen molar-refractivity contribution in [1.29, 1.82) is 0 Å². The molecule has 0 saturated carbocycles. The summed E-state index contributed by atoms with van der Waals surface area (Å²) in [7, 11) is 0. The molecule has 1 rings (SSSR count). The van der Waals surface area contributed by atoms with Crippen LogP contribution in [0.1, 0.15) is 30.6 Å². The lowest BCUT2D eigenvalue weighted by atomic mass is 10.1. The lowest BCUT2D eigenvalue weighted by Gasteiger charge is -2.05. The van der Waals surface area contributed by atoms with Crippen molar-refractivity contribution in [3.63, 3.8) is 0 Å². The minimum Gasteiger partial charge on any atom is -0.454 e. The zero-order valence-corrected chi connectivity index (χ0v) is 12.7. The number of carbonyl (C=O) groups is 3. The van der Waals surface area contributed by atoms with Gasteiger partial charge < -0.3 is 10.1 Å². The van der Waals surface area contributed by atoms with Gasteiger partial charge in [0.25, 0.3) is 0 Å². The molecule has 0 radical (unpaired) electrons. The van der Waals surface area contributed by atoms with Crippen LogP contribution in [0, 0.1) is 0 Å². The summed E-state index contributed by atoms with van der Waals surface area (Å²) >= 11 is 0. The molecular formula is C17H19NO4. The number of hydrogen-bond acceptors (Lipinski definition) is 4. The number of benzene rings is 1. The molecular weight excluding hydrogens is 282 g/mol. The number of amides is 1.